The second kappa shape index (κ2) is 6.76. The van der Waals surface area contributed by atoms with Gasteiger partial charge in [0.1, 0.15) is 0 Å². The molecule has 8 heteroatoms. The van der Waals surface area contributed by atoms with E-state index in [2.05, 4.69) is 0 Å². The Kier molecular flexibility index (Phi) is 5.35. The lowest BCUT2D eigenvalue weighted by Gasteiger charge is -2.35. The molecule has 0 bridgehead atoms. The zero-order valence-corrected chi connectivity index (χ0v) is 14.5. The number of rotatable bonds is 5. The van der Waals surface area contributed by atoms with Crippen LogP contribution in [0.4, 0.5) is 0 Å². The maximum atomic E-state index is 12.8. The van der Waals surface area contributed by atoms with Crippen molar-refractivity contribution in [2.75, 3.05) is 26.0 Å². The highest BCUT2D eigenvalue weighted by molar-refractivity contribution is 7.89. The fourth-order valence-electron chi connectivity index (χ4n) is 3.76. The summed E-state index contributed by atoms with van der Waals surface area (Å²) in [7, 11) is -2.42. The van der Waals surface area contributed by atoms with Crippen molar-refractivity contribution in [2.45, 2.75) is 39.0 Å². The van der Waals surface area contributed by atoms with Gasteiger partial charge in [0.05, 0.1) is 24.2 Å². The molecule has 1 N–H and O–H groups in total. The lowest BCUT2D eigenvalue weighted by atomic mass is 9.75. The van der Waals surface area contributed by atoms with Gasteiger partial charge >= 0.3 is 11.9 Å². The largest absolute Gasteiger partial charge is 0.481 e. The highest BCUT2D eigenvalue weighted by Crippen LogP contribution is 2.40. The standard InChI is InChI=1S/C15H25NO6S/c1-11-8-16(9-12(11)13(17)18)23(20,21)10-15(14(19)22-2)6-4-3-5-7-15/h11-12H,3-10H2,1-2H3,(H,17,18)/t11-,12-/m1/s1. The van der Waals surface area contributed by atoms with E-state index in [0.29, 0.717) is 12.8 Å². The zero-order chi connectivity index (χ0) is 17.3. The first-order valence-corrected chi connectivity index (χ1v) is 9.62. The van der Waals surface area contributed by atoms with Crippen LogP contribution in [0.15, 0.2) is 0 Å². The van der Waals surface area contributed by atoms with E-state index in [0.717, 1.165) is 19.3 Å². The number of hydrogen-bond acceptors (Lipinski definition) is 5. The number of esters is 1. The van der Waals surface area contributed by atoms with Crippen LogP contribution in [0, 0.1) is 17.3 Å². The van der Waals surface area contributed by atoms with E-state index in [1.54, 1.807) is 6.92 Å². The summed E-state index contributed by atoms with van der Waals surface area (Å²) in [4.78, 5) is 23.4. The van der Waals surface area contributed by atoms with Crippen LogP contribution >= 0.6 is 0 Å². The van der Waals surface area contributed by atoms with Gasteiger partial charge in [0, 0.05) is 13.1 Å². The van der Waals surface area contributed by atoms with Crippen LogP contribution in [0.2, 0.25) is 0 Å². The summed E-state index contributed by atoms with van der Waals surface area (Å²) < 4.78 is 31.6. The van der Waals surface area contributed by atoms with Crippen molar-refractivity contribution < 1.29 is 27.9 Å². The van der Waals surface area contributed by atoms with Crippen LogP contribution in [0.1, 0.15) is 39.0 Å². The third kappa shape index (κ3) is 3.68. The summed E-state index contributed by atoms with van der Waals surface area (Å²) in [6.45, 7) is 1.91. The summed E-state index contributed by atoms with van der Waals surface area (Å²) in [5.41, 5.74) is -0.990. The number of carboxylic acid groups (broad SMARTS) is 1. The molecular formula is C15H25NO6S. The number of hydrogen-bond donors (Lipinski definition) is 1. The summed E-state index contributed by atoms with van der Waals surface area (Å²) in [5.74, 6) is -2.66. The van der Waals surface area contributed by atoms with Crippen molar-refractivity contribution in [1.82, 2.24) is 4.31 Å². The molecule has 7 nitrogen and oxygen atoms in total. The smallest absolute Gasteiger partial charge is 0.312 e. The lowest BCUT2D eigenvalue weighted by Crippen LogP contribution is -2.45. The molecule has 2 fully saturated rings. The maximum Gasteiger partial charge on any atom is 0.312 e. The molecule has 0 aromatic carbocycles. The molecule has 1 heterocycles. The third-order valence-electron chi connectivity index (χ3n) is 5.18. The molecule has 0 unspecified atom stereocenters. The Labute approximate surface area is 137 Å². The first-order valence-electron chi connectivity index (χ1n) is 8.01. The number of ether oxygens (including phenoxy) is 1. The number of carboxylic acids is 1. The molecule has 0 amide bonds. The molecule has 1 saturated carbocycles. The predicted octanol–water partition coefficient (Wildman–Crippen LogP) is 1.09. The average molecular weight is 347 g/mol. The van der Waals surface area contributed by atoms with Gasteiger partial charge in [-0.25, -0.2) is 12.7 Å². The van der Waals surface area contributed by atoms with E-state index in [9.17, 15) is 18.0 Å². The number of sulfonamides is 1. The Morgan fingerprint density at radius 3 is 2.30 bits per heavy atom. The van der Waals surface area contributed by atoms with Crippen LogP contribution in [0.25, 0.3) is 0 Å². The van der Waals surface area contributed by atoms with Gasteiger partial charge in [-0.15, -0.1) is 0 Å². The maximum absolute atomic E-state index is 12.8. The fourth-order valence-corrected chi connectivity index (χ4v) is 5.90. The van der Waals surface area contributed by atoms with Crippen LogP contribution in [-0.2, 0) is 24.3 Å². The van der Waals surface area contributed by atoms with Crippen LogP contribution < -0.4 is 0 Å². The molecule has 1 aliphatic carbocycles. The second-order valence-corrected chi connectivity index (χ2v) is 8.80. The van der Waals surface area contributed by atoms with Crippen molar-refractivity contribution in [3.63, 3.8) is 0 Å². The van der Waals surface area contributed by atoms with Gasteiger partial charge in [0.25, 0.3) is 0 Å². The quantitative estimate of drug-likeness (QED) is 0.747. The molecule has 1 aliphatic heterocycles. The van der Waals surface area contributed by atoms with Gasteiger partial charge in [-0.1, -0.05) is 26.2 Å². The summed E-state index contributed by atoms with van der Waals surface area (Å²) in [6, 6.07) is 0. The lowest BCUT2D eigenvalue weighted by molar-refractivity contribution is -0.153. The Morgan fingerprint density at radius 1 is 1.22 bits per heavy atom. The normalized spacial score (nSPS) is 28.4. The summed E-state index contributed by atoms with van der Waals surface area (Å²) in [6.07, 6.45) is 3.60. The second-order valence-electron chi connectivity index (χ2n) is 6.83. The molecule has 0 spiro atoms. The van der Waals surface area contributed by atoms with Crippen LogP contribution in [-0.4, -0.2) is 55.7 Å². The van der Waals surface area contributed by atoms with Crippen molar-refractivity contribution in [3.05, 3.63) is 0 Å². The Balaban J connectivity index is 2.19. The molecule has 0 aromatic heterocycles. The highest BCUT2D eigenvalue weighted by Gasteiger charge is 2.48. The van der Waals surface area contributed by atoms with Gasteiger partial charge in [-0.2, -0.15) is 0 Å². The monoisotopic (exact) mass is 347 g/mol. The minimum absolute atomic E-state index is 0.0178. The van der Waals surface area contributed by atoms with Crippen molar-refractivity contribution >= 4 is 22.0 Å². The first-order chi connectivity index (χ1) is 10.7. The zero-order valence-electron chi connectivity index (χ0n) is 13.7. The molecule has 132 valence electrons. The molecule has 2 aliphatic rings. The Hall–Kier alpha value is -1.15. The minimum Gasteiger partial charge on any atom is -0.481 e. The SMILES string of the molecule is COC(=O)C1(CS(=O)(=O)N2C[C@@H](C)[C@H](C(=O)O)C2)CCCCC1. The molecule has 23 heavy (non-hydrogen) atoms. The fraction of sp³-hybridized carbons (Fsp3) is 0.867. The topological polar surface area (TPSA) is 101 Å². The first kappa shape index (κ1) is 18.2. The third-order valence-corrected chi connectivity index (χ3v) is 7.18. The average Bonchev–Trinajstić information content (AvgIpc) is 2.90. The van der Waals surface area contributed by atoms with Gasteiger partial charge < -0.3 is 9.84 Å². The Morgan fingerprint density at radius 2 is 1.83 bits per heavy atom. The minimum atomic E-state index is -3.70. The van der Waals surface area contributed by atoms with E-state index in [1.807, 2.05) is 0 Å². The van der Waals surface area contributed by atoms with E-state index in [4.69, 9.17) is 9.84 Å². The van der Waals surface area contributed by atoms with Crippen molar-refractivity contribution in [3.8, 4) is 0 Å². The number of carbonyl (C=O) groups excluding carboxylic acids is 1. The molecule has 2 rings (SSSR count). The van der Waals surface area contributed by atoms with E-state index < -0.39 is 33.3 Å². The molecule has 0 radical (unpaired) electrons. The summed E-state index contributed by atoms with van der Waals surface area (Å²) in [5, 5.41) is 9.17. The molecule has 1 saturated heterocycles. The summed E-state index contributed by atoms with van der Waals surface area (Å²) >= 11 is 0. The van der Waals surface area contributed by atoms with Gasteiger partial charge in [0.15, 0.2) is 0 Å². The number of carbonyl (C=O) groups is 2. The van der Waals surface area contributed by atoms with E-state index >= 15 is 0 Å². The van der Waals surface area contributed by atoms with Crippen LogP contribution in [0.3, 0.4) is 0 Å². The van der Waals surface area contributed by atoms with Gasteiger partial charge in [-0.05, 0) is 18.8 Å². The van der Waals surface area contributed by atoms with Gasteiger partial charge in [0.2, 0.25) is 10.0 Å². The van der Waals surface area contributed by atoms with Gasteiger partial charge in [-0.3, -0.25) is 9.59 Å². The predicted molar refractivity (Wildman–Crippen MR) is 83.2 cm³/mol. The van der Waals surface area contributed by atoms with E-state index in [-0.39, 0.29) is 24.8 Å². The highest BCUT2D eigenvalue weighted by atomic mass is 32.2. The van der Waals surface area contributed by atoms with Crippen molar-refractivity contribution in [2.24, 2.45) is 17.3 Å². The number of nitrogens with zero attached hydrogens (tertiary/aromatic N) is 1. The molecule has 2 atom stereocenters. The van der Waals surface area contributed by atoms with E-state index in [1.165, 1.54) is 11.4 Å². The van der Waals surface area contributed by atoms with Crippen molar-refractivity contribution in [1.29, 1.82) is 0 Å². The van der Waals surface area contributed by atoms with Crippen LogP contribution in [0.5, 0.6) is 0 Å². The molecular weight excluding hydrogens is 322 g/mol. The number of methoxy groups -OCH3 is 1. The Bertz CT molecular complexity index is 567. The molecule has 0 aromatic rings. The number of aliphatic carboxylic acids is 1.